The van der Waals surface area contributed by atoms with Crippen LogP contribution in [-0.2, 0) is 0 Å². The van der Waals surface area contributed by atoms with Crippen molar-refractivity contribution in [2.24, 2.45) is 5.41 Å². The minimum absolute atomic E-state index is 0.320. The highest BCUT2D eigenvalue weighted by Crippen LogP contribution is 2.28. The van der Waals surface area contributed by atoms with Crippen LogP contribution in [0, 0.1) is 5.41 Å². The first kappa shape index (κ1) is 15.5. The van der Waals surface area contributed by atoms with Crippen molar-refractivity contribution < 1.29 is 0 Å². The number of hydrogen-bond acceptors (Lipinski definition) is 2. The third kappa shape index (κ3) is 4.07. The van der Waals surface area contributed by atoms with Gasteiger partial charge in [-0.1, -0.05) is 58.0 Å². The highest BCUT2D eigenvalue weighted by molar-refractivity contribution is 5.21. The summed E-state index contributed by atoms with van der Waals surface area (Å²) >= 11 is 0. The summed E-state index contributed by atoms with van der Waals surface area (Å²) in [5.74, 6) is 0.721. The summed E-state index contributed by atoms with van der Waals surface area (Å²) in [6.45, 7) is 13.9. The molecule has 1 aliphatic heterocycles. The zero-order valence-electron chi connectivity index (χ0n) is 13.5. The molecule has 112 valence electrons. The Morgan fingerprint density at radius 3 is 2.55 bits per heavy atom. The highest BCUT2D eigenvalue weighted by atomic mass is 15.2. The van der Waals surface area contributed by atoms with E-state index in [1.54, 1.807) is 0 Å². The molecule has 0 aromatic heterocycles. The third-order valence-electron chi connectivity index (χ3n) is 4.48. The maximum absolute atomic E-state index is 3.66. The first-order chi connectivity index (χ1) is 9.50. The quantitative estimate of drug-likeness (QED) is 0.884. The van der Waals surface area contributed by atoms with Crippen molar-refractivity contribution in [1.82, 2.24) is 10.2 Å². The minimum Gasteiger partial charge on any atom is -0.312 e. The van der Waals surface area contributed by atoms with Gasteiger partial charge in [0.2, 0.25) is 0 Å². The van der Waals surface area contributed by atoms with Gasteiger partial charge in [0.05, 0.1) is 0 Å². The van der Waals surface area contributed by atoms with Crippen LogP contribution in [0.2, 0.25) is 0 Å². The van der Waals surface area contributed by atoms with Crippen LogP contribution in [0.5, 0.6) is 0 Å². The molecule has 2 rings (SSSR count). The number of benzene rings is 1. The second-order valence-electron chi connectivity index (χ2n) is 7.13. The summed E-state index contributed by atoms with van der Waals surface area (Å²) in [7, 11) is 0. The lowest BCUT2D eigenvalue weighted by Gasteiger charge is -2.34. The van der Waals surface area contributed by atoms with E-state index in [1.165, 1.54) is 31.6 Å². The molecular formula is C18H30N2. The normalized spacial score (nSPS) is 22.1. The fourth-order valence-electron chi connectivity index (χ4n) is 3.14. The lowest BCUT2D eigenvalue weighted by molar-refractivity contribution is 0.195. The average molecular weight is 274 g/mol. The first-order valence-corrected chi connectivity index (χ1v) is 8.01. The molecule has 2 nitrogen and oxygen atoms in total. The van der Waals surface area contributed by atoms with E-state index in [2.05, 4.69) is 68.2 Å². The van der Waals surface area contributed by atoms with E-state index < -0.39 is 0 Å². The summed E-state index contributed by atoms with van der Waals surface area (Å²) in [6.07, 6.45) is 1.30. The van der Waals surface area contributed by atoms with Crippen LogP contribution >= 0.6 is 0 Å². The Hall–Kier alpha value is -0.860. The SMILES string of the molecule is CCNC(CN1CCC(c2ccccc2)C1)C(C)(C)C. The van der Waals surface area contributed by atoms with Crippen LogP contribution in [0.4, 0.5) is 0 Å². The van der Waals surface area contributed by atoms with Gasteiger partial charge in [0.1, 0.15) is 0 Å². The number of rotatable bonds is 5. The molecule has 1 heterocycles. The first-order valence-electron chi connectivity index (χ1n) is 8.01. The monoisotopic (exact) mass is 274 g/mol. The van der Waals surface area contributed by atoms with Crippen molar-refractivity contribution in [2.75, 3.05) is 26.2 Å². The van der Waals surface area contributed by atoms with Crippen LogP contribution in [0.15, 0.2) is 30.3 Å². The van der Waals surface area contributed by atoms with E-state index in [4.69, 9.17) is 0 Å². The molecule has 2 unspecified atom stereocenters. The molecule has 20 heavy (non-hydrogen) atoms. The summed E-state index contributed by atoms with van der Waals surface area (Å²) in [4.78, 5) is 2.64. The van der Waals surface area contributed by atoms with Gasteiger partial charge in [0, 0.05) is 19.1 Å². The molecule has 2 heteroatoms. The summed E-state index contributed by atoms with van der Waals surface area (Å²) in [5.41, 5.74) is 1.83. The Bertz CT molecular complexity index is 394. The Morgan fingerprint density at radius 2 is 1.95 bits per heavy atom. The van der Waals surface area contributed by atoms with Crippen molar-refractivity contribution in [2.45, 2.75) is 46.1 Å². The summed E-state index contributed by atoms with van der Waals surface area (Å²) in [6, 6.07) is 11.6. The van der Waals surface area contributed by atoms with Gasteiger partial charge in [-0.25, -0.2) is 0 Å². The molecular weight excluding hydrogens is 244 g/mol. The molecule has 1 fully saturated rings. The Labute approximate surface area is 124 Å². The lowest BCUT2D eigenvalue weighted by atomic mass is 9.86. The molecule has 1 saturated heterocycles. The van der Waals surface area contributed by atoms with Gasteiger partial charge in [0.15, 0.2) is 0 Å². The molecule has 0 aliphatic carbocycles. The van der Waals surface area contributed by atoms with E-state index in [0.29, 0.717) is 11.5 Å². The van der Waals surface area contributed by atoms with Crippen LogP contribution in [-0.4, -0.2) is 37.1 Å². The highest BCUT2D eigenvalue weighted by Gasteiger charge is 2.30. The van der Waals surface area contributed by atoms with E-state index in [-0.39, 0.29) is 0 Å². The van der Waals surface area contributed by atoms with E-state index >= 15 is 0 Å². The number of nitrogens with one attached hydrogen (secondary N) is 1. The Kier molecular flexibility index (Phi) is 5.22. The van der Waals surface area contributed by atoms with Gasteiger partial charge in [-0.3, -0.25) is 0 Å². The number of likely N-dealkylation sites (tertiary alicyclic amines) is 1. The van der Waals surface area contributed by atoms with Crippen molar-refractivity contribution >= 4 is 0 Å². The number of hydrogen-bond donors (Lipinski definition) is 1. The molecule has 0 saturated carbocycles. The van der Waals surface area contributed by atoms with E-state index in [1.807, 2.05) is 0 Å². The largest absolute Gasteiger partial charge is 0.312 e. The maximum atomic E-state index is 3.66. The zero-order valence-corrected chi connectivity index (χ0v) is 13.5. The molecule has 0 radical (unpaired) electrons. The second kappa shape index (κ2) is 6.73. The van der Waals surface area contributed by atoms with Crippen molar-refractivity contribution in [3.8, 4) is 0 Å². The summed E-state index contributed by atoms with van der Waals surface area (Å²) < 4.78 is 0. The van der Waals surface area contributed by atoms with Gasteiger partial charge >= 0.3 is 0 Å². The topological polar surface area (TPSA) is 15.3 Å². The molecule has 1 N–H and O–H groups in total. The van der Waals surface area contributed by atoms with Crippen molar-refractivity contribution in [1.29, 1.82) is 0 Å². The zero-order chi connectivity index (χ0) is 14.6. The van der Waals surface area contributed by atoms with Gasteiger partial charge in [-0.15, -0.1) is 0 Å². The second-order valence-corrected chi connectivity index (χ2v) is 7.13. The molecule has 1 aliphatic rings. The average Bonchev–Trinajstić information content (AvgIpc) is 2.87. The van der Waals surface area contributed by atoms with Crippen molar-refractivity contribution in [3.63, 3.8) is 0 Å². The van der Waals surface area contributed by atoms with E-state index in [0.717, 1.165) is 12.5 Å². The lowest BCUT2D eigenvalue weighted by Crippen LogP contribution is -2.48. The molecule has 2 atom stereocenters. The maximum Gasteiger partial charge on any atom is 0.0243 e. The summed E-state index contributed by atoms with van der Waals surface area (Å²) in [5, 5.41) is 3.66. The van der Waals surface area contributed by atoms with Gasteiger partial charge in [-0.05, 0) is 36.4 Å². The standard InChI is InChI=1S/C18H30N2/c1-5-19-17(18(2,3)4)14-20-12-11-16(13-20)15-9-7-6-8-10-15/h6-10,16-17,19H,5,11-14H2,1-4H3. The van der Waals surface area contributed by atoms with Gasteiger partial charge in [0.25, 0.3) is 0 Å². The fourth-order valence-corrected chi connectivity index (χ4v) is 3.14. The third-order valence-corrected chi connectivity index (χ3v) is 4.48. The van der Waals surface area contributed by atoms with Crippen LogP contribution in [0.3, 0.4) is 0 Å². The molecule has 0 amide bonds. The Morgan fingerprint density at radius 1 is 1.25 bits per heavy atom. The molecule has 0 spiro atoms. The number of nitrogens with zero attached hydrogens (tertiary/aromatic N) is 1. The predicted octanol–water partition coefficient (Wildman–Crippen LogP) is 3.50. The van der Waals surface area contributed by atoms with E-state index in [9.17, 15) is 0 Å². The number of likely N-dealkylation sites (N-methyl/N-ethyl adjacent to an activating group) is 1. The van der Waals surface area contributed by atoms with Crippen LogP contribution in [0.25, 0.3) is 0 Å². The van der Waals surface area contributed by atoms with Gasteiger partial charge < -0.3 is 10.2 Å². The molecule has 1 aromatic rings. The molecule has 0 bridgehead atoms. The Balaban J connectivity index is 1.92. The smallest absolute Gasteiger partial charge is 0.0243 e. The van der Waals surface area contributed by atoms with Crippen LogP contribution in [0.1, 0.15) is 45.6 Å². The van der Waals surface area contributed by atoms with Gasteiger partial charge in [-0.2, -0.15) is 0 Å². The predicted molar refractivity (Wildman–Crippen MR) is 87.2 cm³/mol. The van der Waals surface area contributed by atoms with Crippen LogP contribution < -0.4 is 5.32 Å². The minimum atomic E-state index is 0.320. The molecule has 1 aromatic carbocycles. The van der Waals surface area contributed by atoms with Crippen molar-refractivity contribution in [3.05, 3.63) is 35.9 Å². The fraction of sp³-hybridized carbons (Fsp3) is 0.667.